The summed E-state index contributed by atoms with van der Waals surface area (Å²) in [5.41, 5.74) is 5.84. The van der Waals surface area contributed by atoms with Gasteiger partial charge in [0.05, 0.1) is 11.4 Å². The Morgan fingerprint density at radius 2 is 0.850 bits per heavy atom. The van der Waals surface area contributed by atoms with Crippen molar-refractivity contribution >= 4 is 0 Å². The van der Waals surface area contributed by atoms with E-state index in [0.717, 1.165) is 13.1 Å². The van der Waals surface area contributed by atoms with Crippen LogP contribution in [0.1, 0.15) is 55.4 Å². The van der Waals surface area contributed by atoms with Gasteiger partial charge >= 0.3 is 0 Å². The summed E-state index contributed by atoms with van der Waals surface area (Å²) in [6, 6.07) is 0. The normalized spacial score (nSPS) is 16.0. The molecule has 1 heterocycles. The number of allylic oxidation sites excluding steroid dienone is 2. The van der Waals surface area contributed by atoms with Crippen LogP contribution >= 0.6 is 0 Å². The highest BCUT2D eigenvalue weighted by atomic mass is 15.1. The van der Waals surface area contributed by atoms with Gasteiger partial charge in [-0.3, -0.25) is 0 Å². The van der Waals surface area contributed by atoms with E-state index in [0.29, 0.717) is 23.7 Å². The Hall–Kier alpha value is -0.920. The highest BCUT2D eigenvalue weighted by Crippen LogP contribution is 2.32. The maximum absolute atomic E-state index is 3.68. The summed E-state index contributed by atoms with van der Waals surface area (Å²) in [5, 5.41) is 7.36. The molecule has 1 rings (SSSR count). The van der Waals surface area contributed by atoms with E-state index in [4.69, 9.17) is 0 Å². The Balaban J connectivity index is 3.47. The fourth-order valence-electron chi connectivity index (χ4n) is 3.53. The van der Waals surface area contributed by atoms with Crippen LogP contribution in [0.15, 0.2) is 22.5 Å². The van der Waals surface area contributed by atoms with Crippen LogP contribution in [0.5, 0.6) is 0 Å². The third kappa shape index (κ3) is 3.80. The van der Waals surface area contributed by atoms with Crippen LogP contribution in [0.2, 0.25) is 0 Å². The van der Waals surface area contributed by atoms with Crippen molar-refractivity contribution in [3.8, 4) is 0 Å². The molecule has 1 saturated heterocycles. The van der Waals surface area contributed by atoms with Crippen LogP contribution < -0.4 is 10.6 Å². The molecule has 2 nitrogen and oxygen atoms in total. The van der Waals surface area contributed by atoms with Gasteiger partial charge in [0.15, 0.2) is 0 Å². The monoisotopic (exact) mass is 278 g/mol. The first-order valence-corrected chi connectivity index (χ1v) is 8.23. The Kier molecular flexibility index (Phi) is 6.16. The largest absolute Gasteiger partial charge is 0.382 e. The SMILES string of the molecule is CC(C)C(=C1NCCNC1=C(C(C)C)C(C)C)C(C)C. The van der Waals surface area contributed by atoms with Crippen LogP contribution in [0.3, 0.4) is 0 Å². The minimum Gasteiger partial charge on any atom is -0.382 e. The smallest absolute Gasteiger partial charge is 0.0573 e. The summed E-state index contributed by atoms with van der Waals surface area (Å²) in [5.74, 6) is 2.31. The third-order valence-corrected chi connectivity index (χ3v) is 4.04. The molecule has 20 heavy (non-hydrogen) atoms. The number of nitrogens with one attached hydrogen (secondary N) is 2. The van der Waals surface area contributed by atoms with Gasteiger partial charge in [-0.15, -0.1) is 0 Å². The lowest BCUT2D eigenvalue weighted by molar-refractivity contribution is 0.542. The molecule has 0 amide bonds. The van der Waals surface area contributed by atoms with E-state index < -0.39 is 0 Å². The number of hydrogen-bond acceptors (Lipinski definition) is 2. The van der Waals surface area contributed by atoms with E-state index in [-0.39, 0.29) is 0 Å². The lowest BCUT2D eigenvalue weighted by atomic mass is 9.84. The zero-order valence-electron chi connectivity index (χ0n) is 14.7. The summed E-state index contributed by atoms with van der Waals surface area (Å²) in [6.45, 7) is 20.5. The molecule has 0 spiro atoms. The Morgan fingerprint density at radius 1 is 0.600 bits per heavy atom. The fraction of sp³-hybridized carbons (Fsp3) is 0.778. The van der Waals surface area contributed by atoms with Gasteiger partial charge in [-0.1, -0.05) is 55.4 Å². The molecule has 2 N–H and O–H groups in total. The van der Waals surface area contributed by atoms with Crippen LogP contribution in [-0.2, 0) is 0 Å². The second-order valence-electron chi connectivity index (χ2n) is 7.13. The van der Waals surface area contributed by atoms with E-state index in [1.165, 1.54) is 11.4 Å². The maximum atomic E-state index is 3.68. The van der Waals surface area contributed by atoms with Crippen LogP contribution in [-0.4, -0.2) is 13.1 Å². The van der Waals surface area contributed by atoms with E-state index in [9.17, 15) is 0 Å². The molecule has 1 aliphatic heterocycles. The van der Waals surface area contributed by atoms with Gasteiger partial charge in [-0.2, -0.15) is 0 Å². The maximum Gasteiger partial charge on any atom is 0.0573 e. The Morgan fingerprint density at radius 3 is 1.05 bits per heavy atom. The van der Waals surface area contributed by atoms with E-state index in [2.05, 4.69) is 66.0 Å². The lowest BCUT2D eigenvalue weighted by Crippen LogP contribution is -2.40. The molecule has 0 bridgehead atoms. The highest BCUT2D eigenvalue weighted by molar-refractivity contribution is 5.40. The van der Waals surface area contributed by atoms with Gasteiger partial charge in [0.2, 0.25) is 0 Å². The molecule has 2 heteroatoms. The molecular weight excluding hydrogens is 244 g/mol. The summed E-state index contributed by atoms with van der Waals surface area (Å²) < 4.78 is 0. The van der Waals surface area contributed by atoms with Gasteiger partial charge in [0.25, 0.3) is 0 Å². The lowest BCUT2D eigenvalue weighted by Gasteiger charge is -2.33. The fourth-order valence-corrected chi connectivity index (χ4v) is 3.53. The summed E-state index contributed by atoms with van der Waals surface area (Å²) in [4.78, 5) is 0. The molecule has 1 aliphatic rings. The van der Waals surface area contributed by atoms with Crippen molar-refractivity contribution in [1.82, 2.24) is 10.6 Å². The van der Waals surface area contributed by atoms with Crippen molar-refractivity contribution in [3.63, 3.8) is 0 Å². The number of rotatable bonds is 4. The van der Waals surface area contributed by atoms with Gasteiger partial charge in [0.1, 0.15) is 0 Å². The summed E-state index contributed by atoms with van der Waals surface area (Å²) in [7, 11) is 0. The minimum absolute atomic E-state index is 0.577. The second-order valence-corrected chi connectivity index (χ2v) is 7.13. The molecular formula is C18H34N2. The molecule has 0 aromatic carbocycles. The van der Waals surface area contributed by atoms with Crippen LogP contribution in [0.4, 0.5) is 0 Å². The molecule has 0 unspecified atom stereocenters. The first kappa shape index (κ1) is 17.1. The van der Waals surface area contributed by atoms with Crippen molar-refractivity contribution in [3.05, 3.63) is 22.5 Å². The number of hydrogen-bond donors (Lipinski definition) is 2. The number of piperazine rings is 1. The van der Waals surface area contributed by atoms with E-state index in [1.807, 2.05) is 0 Å². The van der Waals surface area contributed by atoms with Crippen LogP contribution in [0, 0.1) is 23.7 Å². The van der Waals surface area contributed by atoms with Gasteiger partial charge in [-0.25, -0.2) is 0 Å². The molecule has 0 radical (unpaired) electrons. The molecule has 0 saturated carbocycles. The predicted molar refractivity (Wildman–Crippen MR) is 89.4 cm³/mol. The highest BCUT2D eigenvalue weighted by Gasteiger charge is 2.24. The van der Waals surface area contributed by atoms with Crippen molar-refractivity contribution in [2.45, 2.75) is 55.4 Å². The topological polar surface area (TPSA) is 24.1 Å². The Bertz CT molecular complexity index is 326. The van der Waals surface area contributed by atoms with Gasteiger partial charge in [0, 0.05) is 13.1 Å². The molecule has 0 atom stereocenters. The average Bonchev–Trinajstić information content (AvgIpc) is 2.29. The van der Waals surface area contributed by atoms with Crippen molar-refractivity contribution < 1.29 is 0 Å². The van der Waals surface area contributed by atoms with E-state index >= 15 is 0 Å². The molecule has 0 aromatic heterocycles. The zero-order chi connectivity index (χ0) is 15.4. The molecule has 0 aliphatic carbocycles. The van der Waals surface area contributed by atoms with E-state index in [1.54, 1.807) is 11.1 Å². The van der Waals surface area contributed by atoms with Gasteiger partial charge in [-0.05, 0) is 34.8 Å². The predicted octanol–water partition coefficient (Wildman–Crippen LogP) is 4.31. The Labute approximate surface area is 126 Å². The summed E-state index contributed by atoms with van der Waals surface area (Å²) >= 11 is 0. The second kappa shape index (κ2) is 7.19. The minimum atomic E-state index is 0.577. The molecule has 0 aromatic rings. The standard InChI is InChI=1S/C18H34N2/c1-11(2)15(12(3)4)17-18(20-10-9-19-17)16(13(5)6)14(7)8/h11-14,19-20H,9-10H2,1-8H3. The average molecular weight is 278 g/mol. The summed E-state index contributed by atoms with van der Waals surface area (Å²) in [6.07, 6.45) is 0. The molecule has 1 fully saturated rings. The first-order valence-electron chi connectivity index (χ1n) is 8.23. The van der Waals surface area contributed by atoms with Gasteiger partial charge < -0.3 is 10.6 Å². The first-order chi connectivity index (χ1) is 9.27. The third-order valence-electron chi connectivity index (χ3n) is 4.04. The van der Waals surface area contributed by atoms with Crippen LogP contribution in [0.25, 0.3) is 0 Å². The van der Waals surface area contributed by atoms with Crippen molar-refractivity contribution in [2.24, 2.45) is 23.7 Å². The quantitative estimate of drug-likeness (QED) is 0.800. The van der Waals surface area contributed by atoms with Crippen molar-refractivity contribution in [1.29, 1.82) is 0 Å². The zero-order valence-corrected chi connectivity index (χ0v) is 14.7. The van der Waals surface area contributed by atoms with Crippen molar-refractivity contribution in [2.75, 3.05) is 13.1 Å². The molecule has 116 valence electrons.